The highest BCUT2D eigenvalue weighted by Crippen LogP contribution is 2.33. The van der Waals surface area contributed by atoms with E-state index in [1.807, 2.05) is 35.0 Å². The molecule has 1 N–H and O–H groups in total. The maximum Gasteiger partial charge on any atom is 0.253 e. The fourth-order valence-corrected chi connectivity index (χ4v) is 5.15. The number of aromatic amines is 1. The summed E-state index contributed by atoms with van der Waals surface area (Å²) in [5.41, 5.74) is 3.35. The summed E-state index contributed by atoms with van der Waals surface area (Å²) in [6.07, 6.45) is 0.932. The Morgan fingerprint density at radius 3 is 2.51 bits per heavy atom. The van der Waals surface area contributed by atoms with E-state index < -0.39 is 0 Å². The molecule has 1 saturated heterocycles. The summed E-state index contributed by atoms with van der Waals surface area (Å²) in [4.78, 5) is 21.3. The maximum atomic E-state index is 13.5. The number of benzene rings is 2. The van der Waals surface area contributed by atoms with Crippen LogP contribution in [0.15, 0.2) is 53.3 Å². The molecular formula is C28H35N7O2. The van der Waals surface area contributed by atoms with E-state index in [0.29, 0.717) is 11.4 Å². The lowest BCUT2D eigenvalue weighted by Crippen LogP contribution is -2.49. The number of nitrogens with one attached hydrogen (secondary N) is 1. The van der Waals surface area contributed by atoms with Crippen LogP contribution < -0.4 is 15.2 Å². The predicted molar refractivity (Wildman–Crippen MR) is 145 cm³/mol. The first-order chi connectivity index (χ1) is 17.8. The number of aromatic nitrogens is 5. The summed E-state index contributed by atoms with van der Waals surface area (Å²) < 4.78 is 7.44. The van der Waals surface area contributed by atoms with Crippen molar-refractivity contribution in [2.75, 3.05) is 38.2 Å². The third kappa shape index (κ3) is 4.83. The normalized spacial score (nSPS) is 15.8. The van der Waals surface area contributed by atoms with Gasteiger partial charge < -0.3 is 14.6 Å². The van der Waals surface area contributed by atoms with Crippen molar-refractivity contribution in [2.45, 2.75) is 45.7 Å². The van der Waals surface area contributed by atoms with E-state index >= 15 is 0 Å². The average molecular weight is 502 g/mol. The van der Waals surface area contributed by atoms with Gasteiger partial charge in [0.15, 0.2) is 5.82 Å². The summed E-state index contributed by atoms with van der Waals surface area (Å²) in [5.74, 6) is 1.54. The number of pyridine rings is 1. The molecule has 0 radical (unpaired) electrons. The minimum absolute atomic E-state index is 0.114. The number of fused-ring (bicyclic) bond motifs is 1. The van der Waals surface area contributed by atoms with Crippen LogP contribution in [0.5, 0.6) is 5.75 Å². The Balaban J connectivity index is 1.56. The molecule has 3 heterocycles. The van der Waals surface area contributed by atoms with Gasteiger partial charge >= 0.3 is 0 Å². The second-order valence-corrected chi connectivity index (χ2v) is 10.5. The number of tetrazole rings is 1. The van der Waals surface area contributed by atoms with E-state index in [1.54, 1.807) is 7.11 Å². The smallest absolute Gasteiger partial charge is 0.253 e. The number of H-pyrrole nitrogens is 1. The van der Waals surface area contributed by atoms with Gasteiger partial charge in [-0.15, -0.1) is 5.10 Å². The summed E-state index contributed by atoms with van der Waals surface area (Å²) in [6, 6.07) is 15.9. The minimum Gasteiger partial charge on any atom is -0.495 e. The van der Waals surface area contributed by atoms with E-state index in [2.05, 4.69) is 76.2 Å². The molecule has 0 spiro atoms. The van der Waals surface area contributed by atoms with Gasteiger partial charge in [-0.2, -0.15) is 0 Å². The average Bonchev–Trinajstić information content (AvgIpc) is 3.39. The zero-order valence-electron chi connectivity index (χ0n) is 22.2. The van der Waals surface area contributed by atoms with Gasteiger partial charge in [-0.05, 0) is 78.9 Å². The van der Waals surface area contributed by atoms with Crippen LogP contribution in [0.25, 0.3) is 10.9 Å². The lowest BCUT2D eigenvalue weighted by Gasteiger charge is -2.40. The van der Waals surface area contributed by atoms with E-state index in [4.69, 9.17) is 4.74 Å². The van der Waals surface area contributed by atoms with Gasteiger partial charge in [0, 0.05) is 37.3 Å². The van der Waals surface area contributed by atoms with Gasteiger partial charge in [-0.1, -0.05) is 25.1 Å². The van der Waals surface area contributed by atoms with Gasteiger partial charge in [0.05, 0.1) is 18.3 Å². The molecule has 37 heavy (non-hydrogen) atoms. The Morgan fingerprint density at radius 1 is 1.05 bits per heavy atom. The van der Waals surface area contributed by atoms with Crippen LogP contribution in [0.2, 0.25) is 0 Å². The molecule has 1 aliphatic heterocycles. The third-order valence-corrected chi connectivity index (χ3v) is 7.12. The lowest BCUT2D eigenvalue weighted by molar-refractivity contribution is 0.190. The van der Waals surface area contributed by atoms with Crippen molar-refractivity contribution in [3.05, 3.63) is 75.8 Å². The molecule has 194 valence electrons. The number of anilines is 1. The fraction of sp³-hybridized carbons (Fsp3) is 0.429. The predicted octanol–water partition coefficient (Wildman–Crippen LogP) is 3.75. The van der Waals surface area contributed by atoms with Crippen molar-refractivity contribution in [3.8, 4) is 5.75 Å². The fourth-order valence-electron chi connectivity index (χ4n) is 5.15. The molecule has 0 amide bonds. The number of rotatable bonds is 6. The molecule has 1 atom stereocenters. The molecule has 2 aromatic carbocycles. The van der Waals surface area contributed by atoms with E-state index in [0.717, 1.165) is 54.9 Å². The highest BCUT2D eigenvalue weighted by Gasteiger charge is 2.35. The number of methoxy groups -OCH3 is 1. The summed E-state index contributed by atoms with van der Waals surface area (Å²) in [5, 5.41) is 13.8. The summed E-state index contributed by atoms with van der Waals surface area (Å²) in [6.45, 7) is 11.4. The number of hydrogen-bond acceptors (Lipinski definition) is 7. The van der Waals surface area contributed by atoms with Crippen molar-refractivity contribution < 1.29 is 4.74 Å². The second-order valence-electron chi connectivity index (χ2n) is 10.5. The summed E-state index contributed by atoms with van der Waals surface area (Å²) in [7, 11) is 1.70. The number of piperazine rings is 1. The Hall–Kier alpha value is -3.72. The van der Waals surface area contributed by atoms with Gasteiger partial charge in [-0.25, -0.2) is 4.68 Å². The first kappa shape index (κ1) is 25.0. The standard InChI is InChI=1S/C28H35N7O2/c1-6-19-11-12-22-20(17-19)18-21(27(36)29-22)25(26-30-31-32-35(26)28(2,3)4)34-15-13-33(14-16-34)23-9-7-8-10-24(23)37-5/h7-12,17-18,25H,6,13-16H2,1-5H3,(H,29,36)/t25-/m0/s1. The Kier molecular flexibility index (Phi) is 6.72. The number of para-hydroxylation sites is 2. The molecule has 1 fully saturated rings. The second kappa shape index (κ2) is 9.97. The van der Waals surface area contributed by atoms with Crippen LogP contribution in [-0.4, -0.2) is 63.4 Å². The zero-order chi connectivity index (χ0) is 26.2. The summed E-state index contributed by atoms with van der Waals surface area (Å²) >= 11 is 0. The molecule has 0 aliphatic carbocycles. The molecule has 0 unspecified atom stereocenters. The van der Waals surface area contributed by atoms with Crippen LogP contribution in [0, 0.1) is 0 Å². The van der Waals surface area contributed by atoms with Crippen molar-refractivity contribution >= 4 is 16.6 Å². The third-order valence-electron chi connectivity index (χ3n) is 7.12. The molecular weight excluding hydrogens is 466 g/mol. The largest absolute Gasteiger partial charge is 0.495 e. The molecule has 2 aromatic heterocycles. The van der Waals surface area contributed by atoms with E-state index in [1.165, 1.54) is 5.56 Å². The van der Waals surface area contributed by atoms with Crippen LogP contribution in [-0.2, 0) is 12.0 Å². The molecule has 0 bridgehead atoms. The molecule has 0 saturated carbocycles. The minimum atomic E-state index is -0.382. The van der Waals surface area contributed by atoms with Crippen molar-refractivity contribution in [3.63, 3.8) is 0 Å². The van der Waals surface area contributed by atoms with Gasteiger partial charge in [0.1, 0.15) is 11.8 Å². The van der Waals surface area contributed by atoms with Crippen molar-refractivity contribution in [1.29, 1.82) is 0 Å². The number of aryl methyl sites for hydroxylation is 1. The van der Waals surface area contributed by atoms with Crippen LogP contribution in [0.4, 0.5) is 5.69 Å². The zero-order valence-corrected chi connectivity index (χ0v) is 22.2. The van der Waals surface area contributed by atoms with Gasteiger partial charge in [0.2, 0.25) is 0 Å². The topological polar surface area (TPSA) is 92.2 Å². The SMILES string of the molecule is CCc1ccc2[nH]c(=O)c([C@@H](c3nnnn3C(C)(C)C)N3CCN(c4ccccc4OC)CC3)cc2c1. The van der Waals surface area contributed by atoms with Gasteiger partial charge in [0.25, 0.3) is 5.56 Å². The van der Waals surface area contributed by atoms with Crippen molar-refractivity contribution in [2.24, 2.45) is 0 Å². The molecule has 5 rings (SSSR count). The first-order valence-corrected chi connectivity index (χ1v) is 12.9. The number of nitrogens with zero attached hydrogens (tertiary/aromatic N) is 6. The Labute approximate surface area is 217 Å². The van der Waals surface area contributed by atoms with Crippen LogP contribution in [0.3, 0.4) is 0 Å². The molecule has 9 nitrogen and oxygen atoms in total. The molecule has 4 aromatic rings. The lowest BCUT2D eigenvalue weighted by atomic mass is 10.00. The molecule has 1 aliphatic rings. The van der Waals surface area contributed by atoms with Crippen LogP contribution in [0.1, 0.15) is 50.7 Å². The Bertz CT molecular complexity index is 1440. The maximum absolute atomic E-state index is 13.5. The van der Waals surface area contributed by atoms with Crippen LogP contribution >= 0.6 is 0 Å². The van der Waals surface area contributed by atoms with Gasteiger partial charge in [-0.3, -0.25) is 9.69 Å². The molecule has 9 heteroatoms. The van der Waals surface area contributed by atoms with Crippen molar-refractivity contribution in [1.82, 2.24) is 30.1 Å². The highest BCUT2D eigenvalue weighted by atomic mass is 16.5. The Morgan fingerprint density at radius 2 is 1.81 bits per heavy atom. The van der Waals surface area contributed by atoms with E-state index in [-0.39, 0.29) is 17.1 Å². The number of hydrogen-bond donors (Lipinski definition) is 1. The van der Waals surface area contributed by atoms with E-state index in [9.17, 15) is 4.79 Å². The first-order valence-electron chi connectivity index (χ1n) is 12.9. The monoisotopic (exact) mass is 501 g/mol. The quantitative estimate of drug-likeness (QED) is 0.430. The highest BCUT2D eigenvalue weighted by molar-refractivity contribution is 5.80. The number of ether oxygens (including phenoxy) is 1.